The zero-order valence-electron chi connectivity index (χ0n) is 15.0. The quantitative estimate of drug-likeness (QED) is 0.641. The maximum absolute atomic E-state index is 14.2. The second-order valence-electron chi connectivity index (χ2n) is 6.27. The van der Waals surface area contributed by atoms with Gasteiger partial charge in [-0.15, -0.1) is 0 Å². The van der Waals surface area contributed by atoms with E-state index in [0.717, 1.165) is 18.3 Å². The molecule has 146 valence electrons. The Balaban J connectivity index is 2.18. The number of esters is 1. The number of nitrogens with zero attached hydrogens (tertiary/aromatic N) is 2. The summed E-state index contributed by atoms with van der Waals surface area (Å²) in [4.78, 5) is 33.2. The molecule has 3 rings (SSSR count). The van der Waals surface area contributed by atoms with Crippen molar-refractivity contribution in [3.05, 3.63) is 65.2 Å². The molecule has 0 aliphatic carbocycles. The second kappa shape index (κ2) is 7.41. The van der Waals surface area contributed by atoms with Gasteiger partial charge in [-0.25, -0.2) is 18.2 Å². The summed E-state index contributed by atoms with van der Waals surface area (Å²) < 4.78 is 45.7. The van der Waals surface area contributed by atoms with E-state index in [1.807, 2.05) is 0 Å². The number of hydrogen-bond donors (Lipinski definition) is 1. The summed E-state index contributed by atoms with van der Waals surface area (Å²) in [5, 5.41) is 2.33. The lowest BCUT2D eigenvalue weighted by Gasteiger charge is -2.36. The van der Waals surface area contributed by atoms with Crippen LogP contribution in [0.25, 0.3) is 0 Å². The summed E-state index contributed by atoms with van der Waals surface area (Å²) in [5.41, 5.74) is -1.58. The smallest absolute Gasteiger partial charge is 0.321 e. The van der Waals surface area contributed by atoms with Gasteiger partial charge in [0.05, 0.1) is 12.8 Å². The van der Waals surface area contributed by atoms with Crippen LogP contribution in [-0.4, -0.2) is 29.3 Å². The fourth-order valence-electron chi connectivity index (χ4n) is 3.05. The zero-order chi connectivity index (χ0) is 20.5. The molecule has 1 aliphatic rings. The van der Waals surface area contributed by atoms with Gasteiger partial charge in [0.25, 0.3) is 0 Å². The largest absolute Gasteiger partial charge is 0.465 e. The van der Waals surface area contributed by atoms with Crippen molar-refractivity contribution < 1.29 is 27.5 Å². The molecule has 1 aromatic carbocycles. The van der Waals surface area contributed by atoms with E-state index in [1.54, 1.807) is 6.92 Å². The maximum Gasteiger partial charge on any atom is 0.321 e. The molecule has 0 spiro atoms. The van der Waals surface area contributed by atoms with Crippen LogP contribution in [0.3, 0.4) is 0 Å². The minimum Gasteiger partial charge on any atom is -0.465 e. The van der Waals surface area contributed by atoms with Crippen LogP contribution < -0.4 is 5.32 Å². The number of carbonyl (C=O) groups is 2. The molecule has 2 heterocycles. The van der Waals surface area contributed by atoms with Gasteiger partial charge in [0, 0.05) is 6.07 Å². The van der Waals surface area contributed by atoms with Crippen molar-refractivity contribution in [1.29, 1.82) is 0 Å². The highest BCUT2D eigenvalue weighted by molar-refractivity contribution is 6.14. The highest BCUT2D eigenvalue weighted by atomic mass is 19.1. The van der Waals surface area contributed by atoms with Gasteiger partial charge in [0.2, 0.25) is 5.91 Å². The molecule has 28 heavy (non-hydrogen) atoms. The van der Waals surface area contributed by atoms with Crippen molar-refractivity contribution in [2.24, 2.45) is 10.9 Å². The molecule has 0 fully saturated rings. The van der Waals surface area contributed by atoms with E-state index < -0.39 is 40.8 Å². The number of pyridine rings is 1. The predicted octanol–water partition coefficient (Wildman–Crippen LogP) is 2.47. The lowest BCUT2D eigenvalue weighted by Crippen LogP contribution is -2.54. The topological polar surface area (TPSA) is 80.7 Å². The van der Waals surface area contributed by atoms with Gasteiger partial charge < -0.3 is 10.1 Å². The fraction of sp³-hybridized carbons (Fsp3) is 0.263. The number of hydrogen-bond acceptors (Lipinski definition) is 5. The summed E-state index contributed by atoms with van der Waals surface area (Å²) in [7, 11) is 0. The molecule has 2 atom stereocenters. The molecule has 0 bridgehead atoms. The van der Waals surface area contributed by atoms with Gasteiger partial charge >= 0.3 is 5.97 Å². The summed E-state index contributed by atoms with van der Waals surface area (Å²) >= 11 is 0. The number of ether oxygens (including phenoxy) is 1. The van der Waals surface area contributed by atoms with E-state index >= 15 is 0 Å². The number of amidine groups is 1. The van der Waals surface area contributed by atoms with E-state index in [1.165, 1.54) is 19.1 Å². The molecule has 1 aliphatic heterocycles. The Hall–Kier alpha value is -3.23. The third-order valence-corrected chi connectivity index (χ3v) is 4.39. The first kappa shape index (κ1) is 19.5. The van der Waals surface area contributed by atoms with Gasteiger partial charge in [-0.3, -0.25) is 14.6 Å². The number of halogens is 3. The van der Waals surface area contributed by atoms with Crippen LogP contribution in [-0.2, 0) is 19.9 Å². The molecule has 6 nitrogen and oxygen atoms in total. The van der Waals surface area contributed by atoms with Crippen LogP contribution >= 0.6 is 0 Å². The number of amides is 1. The third-order valence-electron chi connectivity index (χ3n) is 4.39. The SMILES string of the molecule is CCOC(=O)C1C(=O)NC(c2ncc(F)cc2F)=NC1(C)c1ccc(F)cc1. The monoisotopic (exact) mass is 391 g/mol. The minimum atomic E-state index is -1.53. The van der Waals surface area contributed by atoms with E-state index in [4.69, 9.17) is 4.74 Å². The van der Waals surface area contributed by atoms with Gasteiger partial charge in [-0.1, -0.05) is 12.1 Å². The first-order chi connectivity index (χ1) is 13.3. The highest BCUT2D eigenvalue weighted by Crippen LogP contribution is 2.38. The van der Waals surface area contributed by atoms with Crippen LogP contribution in [0.5, 0.6) is 0 Å². The normalized spacial score (nSPS) is 21.7. The van der Waals surface area contributed by atoms with Crippen molar-refractivity contribution >= 4 is 17.7 Å². The van der Waals surface area contributed by atoms with Crippen molar-refractivity contribution in [2.45, 2.75) is 19.4 Å². The molecule has 2 unspecified atom stereocenters. The molecular formula is C19H16F3N3O3. The number of nitrogens with one attached hydrogen (secondary N) is 1. The van der Waals surface area contributed by atoms with E-state index in [0.29, 0.717) is 11.6 Å². The van der Waals surface area contributed by atoms with Crippen LogP contribution in [0.4, 0.5) is 13.2 Å². The molecule has 1 aromatic heterocycles. The number of benzene rings is 1. The minimum absolute atomic E-state index is 0.0346. The zero-order valence-corrected chi connectivity index (χ0v) is 15.0. The molecule has 0 saturated carbocycles. The number of carbonyl (C=O) groups excluding carboxylic acids is 2. The van der Waals surface area contributed by atoms with E-state index in [2.05, 4.69) is 15.3 Å². The number of rotatable bonds is 4. The molecular weight excluding hydrogens is 375 g/mol. The first-order valence-corrected chi connectivity index (χ1v) is 8.41. The van der Waals surface area contributed by atoms with Gasteiger partial charge in [-0.05, 0) is 31.5 Å². The second-order valence-corrected chi connectivity index (χ2v) is 6.27. The predicted molar refractivity (Wildman–Crippen MR) is 92.7 cm³/mol. The highest BCUT2D eigenvalue weighted by Gasteiger charge is 2.50. The van der Waals surface area contributed by atoms with Crippen molar-refractivity contribution in [3.63, 3.8) is 0 Å². The van der Waals surface area contributed by atoms with Gasteiger partial charge in [0.15, 0.2) is 17.6 Å². The summed E-state index contributed by atoms with van der Waals surface area (Å²) in [6.45, 7) is 3.09. The molecule has 9 heteroatoms. The van der Waals surface area contributed by atoms with Crippen LogP contribution in [0.15, 0.2) is 41.5 Å². The summed E-state index contributed by atoms with van der Waals surface area (Å²) in [6, 6.07) is 5.65. The number of aliphatic imine (C=N–C) groups is 1. The standard InChI is InChI=1S/C19H16F3N3O3/c1-3-28-18(27)14-17(26)24-16(15-13(22)8-12(21)9-23-15)25-19(14,2)10-4-6-11(20)7-5-10/h4-9,14H,3H2,1-2H3,(H,24,25,26). The van der Waals surface area contributed by atoms with E-state index in [-0.39, 0.29) is 18.1 Å². The van der Waals surface area contributed by atoms with Gasteiger partial charge in [-0.2, -0.15) is 0 Å². The Morgan fingerprint density at radius 1 is 1.21 bits per heavy atom. The molecule has 2 aromatic rings. The van der Waals surface area contributed by atoms with Crippen LogP contribution in [0, 0.1) is 23.4 Å². The average molecular weight is 391 g/mol. The third kappa shape index (κ3) is 3.47. The number of aromatic nitrogens is 1. The van der Waals surface area contributed by atoms with Crippen LogP contribution in [0.1, 0.15) is 25.1 Å². The maximum atomic E-state index is 14.2. The Labute approximate surface area is 158 Å². The van der Waals surface area contributed by atoms with Gasteiger partial charge in [0.1, 0.15) is 22.9 Å². The Kier molecular flexibility index (Phi) is 5.17. The molecule has 0 saturated heterocycles. The summed E-state index contributed by atoms with van der Waals surface area (Å²) in [6.07, 6.45) is 0.778. The van der Waals surface area contributed by atoms with Crippen molar-refractivity contribution in [1.82, 2.24) is 10.3 Å². The lowest BCUT2D eigenvalue weighted by atomic mass is 9.78. The lowest BCUT2D eigenvalue weighted by molar-refractivity contribution is -0.155. The molecule has 1 amide bonds. The van der Waals surface area contributed by atoms with Crippen molar-refractivity contribution in [3.8, 4) is 0 Å². The Morgan fingerprint density at radius 2 is 1.89 bits per heavy atom. The van der Waals surface area contributed by atoms with Crippen LogP contribution in [0.2, 0.25) is 0 Å². The van der Waals surface area contributed by atoms with Crippen molar-refractivity contribution in [2.75, 3.05) is 6.61 Å². The Bertz CT molecular complexity index is 963. The fourth-order valence-corrected chi connectivity index (χ4v) is 3.05. The molecule has 1 N–H and O–H groups in total. The average Bonchev–Trinajstić information content (AvgIpc) is 2.61. The first-order valence-electron chi connectivity index (χ1n) is 8.41. The summed E-state index contributed by atoms with van der Waals surface area (Å²) in [5.74, 6) is -5.73. The van der Waals surface area contributed by atoms with E-state index in [9.17, 15) is 22.8 Å². The molecule has 0 radical (unpaired) electrons. The Morgan fingerprint density at radius 3 is 2.50 bits per heavy atom.